The molecule has 1 heterocycles. The Bertz CT molecular complexity index is 972. The zero-order chi connectivity index (χ0) is 21.7. The Hall–Kier alpha value is -2.22. The first-order valence-corrected chi connectivity index (χ1v) is 12.0. The standard InChI is InChI=1S/C23H31N3O3S/c1-4-26(5-2)30(28,29)22-16-20(14-13-18(22)3)24-23(27)21-12-9-15-25(21)17-19-10-7-6-8-11-19/h6-8,10-11,13-14,16,21H,4-5,9,12,15,17H2,1-3H3,(H,24,27). The number of carbonyl (C=O) groups excluding carboxylic acids is 1. The van der Waals surface area contributed by atoms with Gasteiger partial charge in [0, 0.05) is 25.3 Å². The van der Waals surface area contributed by atoms with Crippen molar-refractivity contribution >= 4 is 21.6 Å². The van der Waals surface area contributed by atoms with Crippen LogP contribution in [0.4, 0.5) is 5.69 Å². The number of amides is 1. The van der Waals surface area contributed by atoms with Gasteiger partial charge in [0.05, 0.1) is 10.9 Å². The van der Waals surface area contributed by atoms with Gasteiger partial charge in [0.1, 0.15) is 0 Å². The van der Waals surface area contributed by atoms with E-state index < -0.39 is 10.0 Å². The molecule has 1 fully saturated rings. The molecule has 1 unspecified atom stereocenters. The van der Waals surface area contributed by atoms with E-state index in [1.807, 2.05) is 32.0 Å². The van der Waals surface area contributed by atoms with Gasteiger partial charge in [-0.1, -0.05) is 50.2 Å². The second-order valence-electron chi connectivity index (χ2n) is 7.67. The first-order valence-electron chi connectivity index (χ1n) is 10.6. The molecule has 0 saturated carbocycles. The summed E-state index contributed by atoms with van der Waals surface area (Å²) in [7, 11) is -3.59. The molecule has 162 valence electrons. The van der Waals surface area contributed by atoms with Crippen LogP contribution in [0.3, 0.4) is 0 Å². The highest BCUT2D eigenvalue weighted by Gasteiger charge is 2.31. The Labute approximate surface area is 179 Å². The summed E-state index contributed by atoms with van der Waals surface area (Å²) < 4.78 is 27.4. The summed E-state index contributed by atoms with van der Waals surface area (Å²) in [6.07, 6.45) is 1.77. The molecule has 0 aliphatic carbocycles. The average molecular weight is 430 g/mol. The minimum Gasteiger partial charge on any atom is -0.325 e. The minimum atomic E-state index is -3.59. The van der Waals surface area contributed by atoms with Crippen molar-refractivity contribution in [1.29, 1.82) is 0 Å². The summed E-state index contributed by atoms with van der Waals surface area (Å²) in [5.74, 6) is -0.0847. The van der Waals surface area contributed by atoms with E-state index in [0.717, 1.165) is 25.9 Å². The van der Waals surface area contributed by atoms with Crippen LogP contribution in [-0.2, 0) is 21.4 Å². The topological polar surface area (TPSA) is 69.7 Å². The average Bonchev–Trinajstić information content (AvgIpc) is 3.19. The maximum atomic E-state index is 13.0. The summed E-state index contributed by atoms with van der Waals surface area (Å²) >= 11 is 0. The first kappa shape index (κ1) is 22.5. The summed E-state index contributed by atoms with van der Waals surface area (Å²) in [6.45, 7) is 7.85. The number of nitrogens with zero attached hydrogens (tertiary/aromatic N) is 2. The number of aryl methyl sites for hydroxylation is 1. The molecule has 1 aliphatic heterocycles. The first-order chi connectivity index (χ1) is 14.4. The van der Waals surface area contributed by atoms with E-state index in [-0.39, 0.29) is 16.8 Å². The number of sulfonamides is 1. The number of carbonyl (C=O) groups is 1. The molecule has 0 bridgehead atoms. The van der Waals surface area contributed by atoms with Crippen LogP contribution in [0.25, 0.3) is 0 Å². The lowest BCUT2D eigenvalue weighted by atomic mass is 10.1. The van der Waals surface area contributed by atoms with Crippen LogP contribution < -0.4 is 5.32 Å². The van der Waals surface area contributed by atoms with Crippen LogP contribution >= 0.6 is 0 Å². The zero-order valence-electron chi connectivity index (χ0n) is 18.0. The van der Waals surface area contributed by atoms with Gasteiger partial charge in [0.25, 0.3) is 0 Å². The third-order valence-corrected chi connectivity index (χ3v) is 7.87. The molecule has 0 radical (unpaired) electrons. The predicted octanol–water partition coefficient (Wildman–Crippen LogP) is 3.63. The van der Waals surface area contributed by atoms with Crippen molar-refractivity contribution in [3.05, 3.63) is 59.7 Å². The molecule has 30 heavy (non-hydrogen) atoms. The molecular formula is C23H31N3O3S. The molecule has 3 rings (SSSR count). The third kappa shape index (κ3) is 4.91. The maximum Gasteiger partial charge on any atom is 0.243 e. The van der Waals surface area contributed by atoms with Crippen molar-refractivity contribution in [3.63, 3.8) is 0 Å². The minimum absolute atomic E-state index is 0.0847. The second kappa shape index (κ2) is 9.73. The van der Waals surface area contributed by atoms with Gasteiger partial charge in [-0.3, -0.25) is 9.69 Å². The van der Waals surface area contributed by atoms with E-state index >= 15 is 0 Å². The van der Waals surface area contributed by atoms with E-state index in [9.17, 15) is 13.2 Å². The van der Waals surface area contributed by atoms with Crippen molar-refractivity contribution in [2.24, 2.45) is 0 Å². The smallest absolute Gasteiger partial charge is 0.243 e. The number of likely N-dealkylation sites (tertiary alicyclic amines) is 1. The number of rotatable bonds is 8. The lowest BCUT2D eigenvalue weighted by Crippen LogP contribution is -2.39. The molecule has 1 aliphatic rings. The van der Waals surface area contributed by atoms with Gasteiger partial charge in [0.2, 0.25) is 15.9 Å². The van der Waals surface area contributed by atoms with E-state index in [4.69, 9.17) is 0 Å². The Balaban J connectivity index is 1.76. The van der Waals surface area contributed by atoms with Crippen LogP contribution in [0.2, 0.25) is 0 Å². The summed E-state index contributed by atoms with van der Waals surface area (Å²) in [5, 5.41) is 2.95. The summed E-state index contributed by atoms with van der Waals surface area (Å²) in [6, 6.07) is 15.0. The van der Waals surface area contributed by atoms with E-state index in [2.05, 4.69) is 22.3 Å². The lowest BCUT2D eigenvalue weighted by molar-refractivity contribution is -0.120. The summed E-state index contributed by atoms with van der Waals surface area (Å²) in [5.41, 5.74) is 2.37. The van der Waals surface area contributed by atoms with Crippen molar-refractivity contribution in [1.82, 2.24) is 9.21 Å². The van der Waals surface area contributed by atoms with Gasteiger partial charge in [-0.15, -0.1) is 0 Å². The van der Waals surface area contributed by atoms with Crippen molar-refractivity contribution in [2.45, 2.75) is 51.1 Å². The molecule has 1 N–H and O–H groups in total. The molecule has 0 aromatic heterocycles. The monoisotopic (exact) mass is 429 g/mol. The van der Waals surface area contributed by atoms with E-state index in [0.29, 0.717) is 24.3 Å². The molecule has 1 saturated heterocycles. The highest BCUT2D eigenvalue weighted by Crippen LogP contribution is 2.25. The maximum absolute atomic E-state index is 13.0. The van der Waals surface area contributed by atoms with Crippen LogP contribution in [0.5, 0.6) is 0 Å². The quantitative estimate of drug-likeness (QED) is 0.696. The SMILES string of the molecule is CCN(CC)S(=O)(=O)c1cc(NC(=O)C2CCCN2Cc2ccccc2)ccc1C. The van der Waals surface area contributed by atoms with Gasteiger partial charge >= 0.3 is 0 Å². The Morgan fingerprint density at radius 3 is 2.50 bits per heavy atom. The second-order valence-corrected chi connectivity index (χ2v) is 9.58. The number of hydrogen-bond donors (Lipinski definition) is 1. The zero-order valence-corrected chi connectivity index (χ0v) is 18.8. The highest BCUT2D eigenvalue weighted by molar-refractivity contribution is 7.89. The van der Waals surface area contributed by atoms with Crippen LogP contribution in [-0.4, -0.2) is 49.2 Å². The van der Waals surface area contributed by atoms with Crippen LogP contribution in [0, 0.1) is 6.92 Å². The molecule has 1 atom stereocenters. The van der Waals surface area contributed by atoms with Gasteiger partial charge in [-0.2, -0.15) is 4.31 Å². The molecule has 1 amide bonds. The predicted molar refractivity (Wildman–Crippen MR) is 120 cm³/mol. The molecule has 0 spiro atoms. The van der Waals surface area contributed by atoms with Gasteiger partial charge in [0.15, 0.2) is 0 Å². The molecule has 2 aromatic carbocycles. The fourth-order valence-electron chi connectivity index (χ4n) is 4.01. The Morgan fingerprint density at radius 2 is 1.83 bits per heavy atom. The van der Waals surface area contributed by atoms with E-state index in [1.54, 1.807) is 25.1 Å². The van der Waals surface area contributed by atoms with Gasteiger partial charge in [-0.25, -0.2) is 8.42 Å². The molecular weight excluding hydrogens is 398 g/mol. The number of nitrogens with one attached hydrogen (secondary N) is 1. The Morgan fingerprint density at radius 1 is 1.13 bits per heavy atom. The third-order valence-electron chi connectivity index (χ3n) is 5.67. The normalized spacial score (nSPS) is 17.4. The summed E-state index contributed by atoms with van der Waals surface area (Å²) in [4.78, 5) is 15.4. The number of anilines is 1. The van der Waals surface area contributed by atoms with Gasteiger partial charge in [-0.05, 0) is 49.6 Å². The largest absolute Gasteiger partial charge is 0.325 e. The van der Waals surface area contributed by atoms with Crippen molar-refractivity contribution < 1.29 is 13.2 Å². The van der Waals surface area contributed by atoms with Crippen molar-refractivity contribution in [3.8, 4) is 0 Å². The van der Waals surface area contributed by atoms with Crippen LogP contribution in [0.15, 0.2) is 53.4 Å². The molecule has 6 nitrogen and oxygen atoms in total. The Kier molecular flexibility index (Phi) is 7.28. The number of benzene rings is 2. The van der Waals surface area contributed by atoms with Crippen molar-refractivity contribution in [2.75, 3.05) is 25.0 Å². The molecule has 7 heteroatoms. The van der Waals surface area contributed by atoms with Crippen LogP contribution in [0.1, 0.15) is 37.8 Å². The van der Waals surface area contributed by atoms with Gasteiger partial charge < -0.3 is 5.32 Å². The van der Waals surface area contributed by atoms with E-state index in [1.165, 1.54) is 9.87 Å². The highest BCUT2D eigenvalue weighted by atomic mass is 32.2. The molecule has 2 aromatic rings. The fourth-order valence-corrected chi connectivity index (χ4v) is 5.72. The lowest BCUT2D eigenvalue weighted by Gasteiger charge is -2.24. The fraction of sp³-hybridized carbons (Fsp3) is 0.435. The number of hydrogen-bond acceptors (Lipinski definition) is 4.